The van der Waals surface area contributed by atoms with Gasteiger partial charge in [0.1, 0.15) is 0 Å². The maximum Gasteiger partial charge on any atom is 0.0689 e. The van der Waals surface area contributed by atoms with Crippen molar-refractivity contribution in [2.24, 2.45) is 0 Å². The summed E-state index contributed by atoms with van der Waals surface area (Å²) in [4.78, 5) is 7.32. The summed E-state index contributed by atoms with van der Waals surface area (Å²) >= 11 is 6.09. The van der Waals surface area contributed by atoms with E-state index in [1.54, 1.807) is 12.4 Å². The van der Waals surface area contributed by atoms with Crippen LogP contribution in [0.4, 0.5) is 0 Å². The van der Waals surface area contributed by atoms with Gasteiger partial charge in [-0.2, -0.15) is 0 Å². The molecule has 14 heavy (non-hydrogen) atoms. The van der Waals surface area contributed by atoms with Crippen LogP contribution in [-0.4, -0.2) is 9.97 Å². The van der Waals surface area contributed by atoms with Gasteiger partial charge in [-0.3, -0.25) is 4.98 Å². The number of hydrogen-bond donors (Lipinski definition) is 1. The van der Waals surface area contributed by atoms with E-state index in [1.165, 1.54) is 0 Å². The van der Waals surface area contributed by atoms with Crippen molar-refractivity contribution in [3.05, 3.63) is 41.7 Å². The van der Waals surface area contributed by atoms with Gasteiger partial charge in [0.25, 0.3) is 0 Å². The number of halogens is 1. The number of fused-ring (bicyclic) bond motifs is 3. The van der Waals surface area contributed by atoms with Crippen LogP contribution in [0.3, 0.4) is 0 Å². The number of aromatic nitrogens is 2. The second-order valence-corrected chi connectivity index (χ2v) is 3.62. The van der Waals surface area contributed by atoms with E-state index in [0.717, 1.165) is 21.8 Å². The third-order valence-corrected chi connectivity index (χ3v) is 2.65. The third kappa shape index (κ3) is 0.946. The summed E-state index contributed by atoms with van der Waals surface area (Å²) in [7, 11) is 0. The van der Waals surface area contributed by atoms with Crippen LogP contribution in [0.5, 0.6) is 0 Å². The van der Waals surface area contributed by atoms with E-state index in [1.807, 2.05) is 18.2 Å². The highest BCUT2D eigenvalue weighted by molar-refractivity contribution is 6.37. The molecule has 0 bridgehead atoms. The molecule has 0 aliphatic heterocycles. The Labute approximate surface area is 85.5 Å². The molecule has 0 aliphatic rings. The zero-order valence-electron chi connectivity index (χ0n) is 7.29. The van der Waals surface area contributed by atoms with Gasteiger partial charge in [0.05, 0.1) is 16.7 Å². The molecule has 1 aromatic carbocycles. The van der Waals surface area contributed by atoms with Crippen LogP contribution >= 0.6 is 11.6 Å². The molecule has 2 heterocycles. The van der Waals surface area contributed by atoms with Crippen LogP contribution in [0.15, 0.2) is 36.7 Å². The minimum atomic E-state index is 0.694. The number of pyridine rings is 1. The van der Waals surface area contributed by atoms with Gasteiger partial charge in [0.15, 0.2) is 0 Å². The first-order valence-corrected chi connectivity index (χ1v) is 4.74. The summed E-state index contributed by atoms with van der Waals surface area (Å²) in [6, 6.07) is 8.09. The highest BCUT2D eigenvalue weighted by Crippen LogP contribution is 2.29. The fraction of sp³-hybridized carbons (Fsp3) is 0. The minimum absolute atomic E-state index is 0.694. The van der Waals surface area contributed by atoms with Gasteiger partial charge in [-0.25, -0.2) is 0 Å². The zero-order chi connectivity index (χ0) is 9.54. The van der Waals surface area contributed by atoms with Crippen molar-refractivity contribution in [2.45, 2.75) is 0 Å². The predicted molar refractivity (Wildman–Crippen MR) is 58.6 cm³/mol. The standard InChI is InChI=1S/C11H7ClN2/c12-8-5-13-6-10-11(8)7-3-1-2-4-9(7)14-10/h1-6,14H. The summed E-state index contributed by atoms with van der Waals surface area (Å²) in [5.74, 6) is 0. The lowest BCUT2D eigenvalue weighted by molar-refractivity contribution is 1.35. The zero-order valence-corrected chi connectivity index (χ0v) is 8.05. The Kier molecular flexibility index (Phi) is 1.52. The van der Waals surface area contributed by atoms with Crippen LogP contribution in [-0.2, 0) is 0 Å². The molecule has 0 unspecified atom stereocenters. The van der Waals surface area contributed by atoms with Crippen LogP contribution in [0.2, 0.25) is 5.02 Å². The number of H-pyrrole nitrogens is 1. The molecule has 0 radical (unpaired) electrons. The van der Waals surface area contributed by atoms with Gasteiger partial charge in [-0.05, 0) is 6.07 Å². The first-order chi connectivity index (χ1) is 6.86. The highest BCUT2D eigenvalue weighted by Gasteiger charge is 2.06. The van der Waals surface area contributed by atoms with Crippen LogP contribution in [0.1, 0.15) is 0 Å². The number of hydrogen-bond acceptors (Lipinski definition) is 1. The molecule has 0 aliphatic carbocycles. The topological polar surface area (TPSA) is 28.7 Å². The summed E-state index contributed by atoms with van der Waals surface area (Å²) < 4.78 is 0. The molecule has 0 saturated carbocycles. The Hall–Kier alpha value is -1.54. The average Bonchev–Trinajstić information content (AvgIpc) is 2.57. The summed E-state index contributed by atoms with van der Waals surface area (Å²) in [6.45, 7) is 0. The normalized spacial score (nSPS) is 11.2. The van der Waals surface area contributed by atoms with Crippen molar-refractivity contribution in [1.82, 2.24) is 9.97 Å². The van der Waals surface area contributed by atoms with Gasteiger partial charge in [0, 0.05) is 22.5 Å². The molecule has 3 heteroatoms. The number of nitrogens with one attached hydrogen (secondary N) is 1. The molecule has 3 rings (SSSR count). The smallest absolute Gasteiger partial charge is 0.0689 e. The Balaban J connectivity index is 2.65. The Bertz CT molecular complexity index is 613. The molecule has 1 N–H and O–H groups in total. The van der Waals surface area contributed by atoms with E-state index in [0.29, 0.717) is 5.02 Å². The lowest BCUT2D eigenvalue weighted by atomic mass is 10.2. The van der Waals surface area contributed by atoms with Crippen molar-refractivity contribution >= 4 is 33.4 Å². The van der Waals surface area contributed by atoms with Crippen LogP contribution in [0.25, 0.3) is 21.8 Å². The van der Waals surface area contributed by atoms with Crippen molar-refractivity contribution in [3.63, 3.8) is 0 Å². The van der Waals surface area contributed by atoms with E-state index in [2.05, 4.69) is 16.0 Å². The lowest BCUT2D eigenvalue weighted by Gasteiger charge is -1.92. The SMILES string of the molecule is Clc1cncc2[nH]c3ccccc3c12. The molecule has 2 nitrogen and oxygen atoms in total. The second-order valence-electron chi connectivity index (χ2n) is 3.21. The van der Waals surface area contributed by atoms with E-state index in [4.69, 9.17) is 11.6 Å². The molecular weight excluding hydrogens is 196 g/mol. The fourth-order valence-electron chi connectivity index (χ4n) is 1.76. The molecule has 0 fully saturated rings. The van der Waals surface area contributed by atoms with Crippen LogP contribution < -0.4 is 0 Å². The van der Waals surface area contributed by atoms with Gasteiger partial charge in [-0.15, -0.1) is 0 Å². The van der Waals surface area contributed by atoms with Crippen LogP contribution in [0, 0.1) is 0 Å². The van der Waals surface area contributed by atoms with Crippen molar-refractivity contribution in [1.29, 1.82) is 0 Å². The van der Waals surface area contributed by atoms with Gasteiger partial charge in [0.2, 0.25) is 0 Å². The number of benzene rings is 1. The van der Waals surface area contributed by atoms with Gasteiger partial charge in [-0.1, -0.05) is 29.8 Å². The number of para-hydroxylation sites is 1. The Morgan fingerprint density at radius 3 is 2.86 bits per heavy atom. The highest BCUT2D eigenvalue weighted by atomic mass is 35.5. The minimum Gasteiger partial charge on any atom is -0.353 e. The molecule has 0 atom stereocenters. The summed E-state index contributed by atoms with van der Waals surface area (Å²) in [5, 5.41) is 2.90. The summed E-state index contributed by atoms with van der Waals surface area (Å²) in [5.41, 5.74) is 2.08. The largest absolute Gasteiger partial charge is 0.353 e. The molecule has 0 spiro atoms. The molecular formula is C11H7ClN2. The predicted octanol–water partition coefficient (Wildman–Crippen LogP) is 3.37. The quantitative estimate of drug-likeness (QED) is 0.595. The van der Waals surface area contributed by atoms with E-state index >= 15 is 0 Å². The summed E-state index contributed by atoms with van der Waals surface area (Å²) in [6.07, 6.45) is 3.46. The Morgan fingerprint density at radius 1 is 1.07 bits per heavy atom. The number of nitrogens with zero attached hydrogens (tertiary/aromatic N) is 1. The first kappa shape index (κ1) is 7.83. The number of rotatable bonds is 0. The van der Waals surface area contributed by atoms with E-state index < -0.39 is 0 Å². The molecule has 3 aromatic rings. The van der Waals surface area contributed by atoms with E-state index in [-0.39, 0.29) is 0 Å². The van der Waals surface area contributed by atoms with Crippen molar-refractivity contribution in [2.75, 3.05) is 0 Å². The van der Waals surface area contributed by atoms with Gasteiger partial charge < -0.3 is 4.98 Å². The molecule has 2 aromatic heterocycles. The van der Waals surface area contributed by atoms with E-state index in [9.17, 15) is 0 Å². The Morgan fingerprint density at radius 2 is 1.93 bits per heavy atom. The third-order valence-electron chi connectivity index (χ3n) is 2.37. The van der Waals surface area contributed by atoms with Crippen molar-refractivity contribution in [3.8, 4) is 0 Å². The van der Waals surface area contributed by atoms with Crippen molar-refractivity contribution < 1.29 is 0 Å². The maximum absolute atomic E-state index is 6.09. The monoisotopic (exact) mass is 202 g/mol. The average molecular weight is 203 g/mol. The molecule has 0 saturated heterocycles. The van der Waals surface area contributed by atoms with Gasteiger partial charge >= 0.3 is 0 Å². The maximum atomic E-state index is 6.09. The molecule has 68 valence electrons. The molecule has 0 amide bonds. The number of aromatic amines is 1. The fourth-order valence-corrected chi connectivity index (χ4v) is 2.02. The first-order valence-electron chi connectivity index (χ1n) is 4.36. The second kappa shape index (κ2) is 2.72. The lowest BCUT2D eigenvalue weighted by Crippen LogP contribution is -1.72.